The second kappa shape index (κ2) is 5.35. The lowest BCUT2D eigenvalue weighted by atomic mass is 9.81. The molecule has 1 atom stereocenters. The number of nitrogens with one attached hydrogen (secondary N) is 1. The summed E-state index contributed by atoms with van der Waals surface area (Å²) < 4.78 is 22.1. The molecule has 6 heteroatoms. The molecule has 1 heterocycles. The lowest BCUT2D eigenvalue weighted by molar-refractivity contribution is -0.140. The molecule has 17 heavy (non-hydrogen) atoms. The number of rotatable bonds is 4. The molecule has 1 aliphatic heterocycles. The summed E-state index contributed by atoms with van der Waals surface area (Å²) in [5.41, 5.74) is -0.384. The molecule has 0 aromatic heterocycles. The maximum atomic E-state index is 12.2. The van der Waals surface area contributed by atoms with Crippen molar-refractivity contribution in [3.8, 4) is 0 Å². The highest BCUT2D eigenvalue weighted by Crippen LogP contribution is 2.27. The SMILES string of the molecule is CN(CCS(C)(=O)=O)C(=O)C1(C)CCCNC1. The van der Waals surface area contributed by atoms with E-state index < -0.39 is 9.84 Å². The smallest absolute Gasteiger partial charge is 0.229 e. The van der Waals surface area contributed by atoms with Crippen molar-refractivity contribution in [2.24, 2.45) is 5.41 Å². The lowest BCUT2D eigenvalue weighted by Crippen LogP contribution is -2.49. The first kappa shape index (κ1) is 14.4. The Bertz CT molecular complexity index is 372. The molecule has 1 aliphatic rings. The molecule has 100 valence electrons. The Morgan fingerprint density at radius 3 is 2.59 bits per heavy atom. The predicted octanol–water partition coefficient (Wildman–Crippen LogP) is -0.121. The highest BCUT2D eigenvalue weighted by atomic mass is 32.2. The average Bonchev–Trinajstić information content (AvgIpc) is 2.25. The van der Waals surface area contributed by atoms with Gasteiger partial charge in [-0.3, -0.25) is 4.79 Å². The van der Waals surface area contributed by atoms with Gasteiger partial charge in [0.05, 0.1) is 11.2 Å². The van der Waals surface area contributed by atoms with Crippen molar-refractivity contribution in [3.63, 3.8) is 0 Å². The van der Waals surface area contributed by atoms with Crippen LogP contribution in [0, 0.1) is 5.41 Å². The fourth-order valence-electron chi connectivity index (χ4n) is 2.10. The Morgan fingerprint density at radius 2 is 2.12 bits per heavy atom. The number of piperidine rings is 1. The lowest BCUT2D eigenvalue weighted by Gasteiger charge is -2.36. The van der Waals surface area contributed by atoms with E-state index in [1.54, 1.807) is 7.05 Å². The first-order chi connectivity index (χ1) is 7.75. The summed E-state index contributed by atoms with van der Waals surface area (Å²) in [6, 6.07) is 0. The molecule has 1 saturated heterocycles. The molecule has 1 unspecified atom stereocenters. The molecule has 5 nitrogen and oxygen atoms in total. The predicted molar refractivity (Wildman–Crippen MR) is 67.6 cm³/mol. The molecular formula is C11H22N2O3S. The number of amides is 1. The van der Waals surface area contributed by atoms with Gasteiger partial charge in [-0.1, -0.05) is 0 Å². The number of hydrogen-bond acceptors (Lipinski definition) is 4. The van der Waals surface area contributed by atoms with Crippen molar-refractivity contribution in [2.45, 2.75) is 19.8 Å². The third-order valence-corrected chi connectivity index (χ3v) is 4.18. The quantitative estimate of drug-likeness (QED) is 0.767. The van der Waals surface area contributed by atoms with Crippen molar-refractivity contribution < 1.29 is 13.2 Å². The topological polar surface area (TPSA) is 66.5 Å². The van der Waals surface area contributed by atoms with Crippen LogP contribution in [0.3, 0.4) is 0 Å². The van der Waals surface area contributed by atoms with Crippen molar-refractivity contribution in [1.29, 1.82) is 0 Å². The summed E-state index contributed by atoms with van der Waals surface area (Å²) in [7, 11) is -1.34. The first-order valence-corrected chi connectivity index (χ1v) is 7.95. The van der Waals surface area contributed by atoms with Crippen LogP contribution in [-0.2, 0) is 14.6 Å². The van der Waals surface area contributed by atoms with Gasteiger partial charge in [-0.15, -0.1) is 0 Å². The molecule has 1 N–H and O–H groups in total. The van der Waals surface area contributed by atoms with Gasteiger partial charge in [0, 0.05) is 26.4 Å². The number of hydrogen-bond donors (Lipinski definition) is 1. The number of carbonyl (C=O) groups excluding carboxylic acids is 1. The Hall–Kier alpha value is -0.620. The van der Waals surface area contributed by atoms with Crippen LogP contribution in [0.1, 0.15) is 19.8 Å². The molecule has 0 aromatic carbocycles. The zero-order valence-electron chi connectivity index (χ0n) is 10.8. The van der Waals surface area contributed by atoms with E-state index >= 15 is 0 Å². The fraction of sp³-hybridized carbons (Fsp3) is 0.909. The van der Waals surface area contributed by atoms with Crippen molar-refractivity contribution >= 4 is 15.7 Å². The van der Waals surface area contributed by atoms with Crippen LogP contribution in [0.2, 0.25) is 0 Å². The van der Waals surface area contributed by atoms with Crippen LogP contribution in [0.15, 0.2) is 0 Å². The first-order valence-electron chi connectivity index (χ1n) is 5.89. The van der Waals surface area contributed by atoms with Gasteiger partial charge in [-0.2, -0.15) is 0 Å². The van der Waals surface area contributed by atoms with Gasteiger partial charge in [0.25, 0.3) is 0 Å². The number of sulfone groups is 1. The van der Waals surface area contributed by atoms with Crippen LogP contribution in [0.5, 0.6) is 0 Å². The molecular weight excluding hydrogens is 240 g/mol. The van der Waals surface area contributed by atoms with Crippen molar-refractivity contribution in [1.82, 2.24) is 10.2 Å². The Labute approximate surface area is 103 Å². The molecule has 0 bridgehead atoms. The number of carbonyl (C=O) groups is 1. The molecule has 1 rings (SSSR count). The normalized spacial score (nSPS) is 25.6. The molecule has 0 aliphatic carbocycles. The van der Waals surface area contributed by atoms with Crippen LogP contribution in [0.25, 0.3) is 0 Å². The van der Waals surface area contributed by atoms with Gasteiger partial charge in [0.15, 0.2) is 0 Å². The minimum Gasteiger partial charge on any atom is -0.344 e. The third-order valence-electron chi connectivity index (χ3n) is 3.26. The maximum Gasteiger partial charge on any atom is 0.229 e. The molecule has 0 aromatic rings. The molecule has 1 fully saturated rings. The Morgan fingerprint density at radius 1 is 1.47 bits per heavy atom. The second-order valence-electron chi connectivity index (χ2n) is 5.20. The molecule has 0 saturated carbocycles. The van der Waals surface area contributed by atoms with E-state index in [4.69, 9.17) is 0 Å². The zero-order chi connectivity index (χ0) is 13.1. The minimum atomic E-state index is -3.01. The summed E-state index contributed by atoms with van der Waals surface area (Å²) in [5.74, 6) is 0.0620. The standard InChI is InChI=1S/C11H22N2O3S/c1-11(5-4-6-12-9-11)10(14)13(2)7-8-17(3,15)16/h12H,4-9H2,1-3H3. The Balaban J connectivity index is 2.56. The summed E-state index contributed by atoms with van der Waals surface area (Å²) in [6.45, 7) is 3.84. The second-order valence-corrected chi connectivity index (χ2v) is 7.46. The van der Waals surface area contributed by atoms with Gasteiger partial charge >= 0.3 is 0 Å². The van der Waals surface area contributed by atoms with E-state index in [0.717, 1.165) is 19.4 Å². The van der Waals surface area contributed by atoms with E-state index in [-0.39, 0.29) is 23.6 Å². The van der Waals surface area contributed by atoms with Gasteiger partial charge in [0.1, 0.15) is 9.84 Å². The molecule has 1 amide bonds. The monoisotopic (exact) mass is 262 g/mol. The largest absolute Gasteiger partial charge is 0.344 e. The zero-order valence-corrected chi connectivity index (χ0v) is 11.6. The maximum absolute atomic E-state index is 12.2. The molecule has 0 spiro atoms. The Kier molecular flexibility index (Phi) is 4.55. The van der Waals surface area contributed by atoms with E-state index in [1.165, 1.54) is 11.2 Å². The van der Waals surface area contributed by atoms with Gasteiger partial charge in [-0.25, -0.2) is 8.42 Å². The highest BCUT2D eigenvalue weighted by molar-refractivity contribution is 7.90. The van der Waals surface area contributed by atoms with Crippen LogP contribution >= 0.6 is 0 Å². The summed E-state index contributed by atoms with van der Waals surface area (Å²) >= 11 is 0. The number of nitrogens with zero attached hydrogens (tertiary/aromatic N) is 1. The van der Waals surface area contributed by atoms with Crippen LogP contribution in [0.4, 0.5) is 0 Å². The fourth-order valence-corrected chi connectivity index (χ4v) is 2.71. The van der Waals surface area contributed by atoms with E-state index in [1.807, 2.05) is 6.92 Å². The average molecular weight is 262 g/mol. The highest BCUT2D eigenvalue weighted by Gasteiger charge is 2.36. The van der Waals surface area contributed by atoms with Gasteiger partial charge in [0.2, 0.25) is 5.91 Å². The van der Waals surface area contributed by atoms with Crippen LogP contribution in [-0.4, -0.2) is 57.9 Å². The van der Waals surface area contributed by atoms with Crippen LogP contribution < -0.4 is 5.32 Å². The van der Waals surface area contributed by atoms with E-state index in [0.29, 0.717) is 6.54 Å². The summed E-state index contributed by atoms with van der Waals surface area (Å²) in [5, 5.41) is 3.22. The summed E-state index contributed by atoms with van der Waals surface area (Å²) in [6.07, 6.45) is 3.04. The van der Waals surface area contributed by atoms with Crippen molar-refractivity contribution in [2.75, 3.05) is 38.7 Å². The van der Waals surface area contributed by atoms with E-state index in [9.17, 15) is 13.2 Å². The van der Waals surface area contributed by atoms with E-state index in [2.05, 4.69) is 5.32 Å². The van der Waals surface area contributed by atoms with Gasteiger partial charge in [-0.05, 0) is 26.3 Å². The van der Waals surface area contributed by atoms with Crippen molar-refractivity contribution in [3.05, 3.63) is 0 Å². The third kappa shape index (κ3) is 4.27. The minimum absolute atomic E-state index is 0.0265. The van der Waals surface area contributed by atoms with Gasteiger partial charge < -0.3 is 10.2 Å². The molecule has 0 radical (unpaired) electrons. The summed E-state index contributed by atoms with van der Waals surface area (Å²) in [4.78, 5) is 13.8.